The molecule has 0 fully saturated rings. The van der Waals surface area contributed by atoms with Gasteiger partial charge in [-0.15, -0.1) is 0 Å². The molecule has 1 N–H and O–H groups in total. The lowest BCUT2D eigenvalue weighted by atomic mass is 9.98. The molecule has 92 valence electrons. The van der Waals surface area contributed by atoms with Gasteiger partial charge in [0.2, 0.25) is 5.91 Å². The highest BCUT2D eigenvalue weighted by atomic mass is 79.9. The van der Waals surface area contributed by atoms with Gasteiger partial charge in [-0.1, -0.05) is 28.4 Å². The van der Waals surface area contributed by atoms with E-state index in [1.807, 2.05) is 0 Å². The fourth-order valence-corrected chi connectivity index (χ4v) is 2.70. The number of alkyl halides is 1. The number of aryl methyl sites for hydroxylation is 2. The smallest absolute Gasteiger partial charge is 0.228 e. The summed E-state index contributed by atoms with van der Waals surface area (Å²) < 4.78 is 0. The molecule has 0 spiro atoms. The summed E-state index contributed by atoms with van der Waals surface area (Å²) in [5, 5.41) is 4.01. The summed E-state index contributed by atoms with van der Waals surface area (Å²) in [4.78, 5) is 11.3. The number of nitrogens with one attached hydrogen (secondary N) is 1. The number of amides is 1. The number of unbranched alkanes of at least 4 members (excludes halogenated alkanes) is 2. The summed E-state index contributed by atoms with van der Waals surface area (Å²) in [5.41, 5.74) is 4.87. The second-order valence-electron chi connectivity index (χ2n) is 4.66. The molecule has 1 aromatic carbocycles. The van der Waals surface area contributed by atoms with Crippen molar-refractivity contribution in [2.24, 2.45) is 0 Å². The summed E-state index contributed by atoms with van der Waals surface area (Å²) in [6.07, 6.45) is 5.37. The summed E-state index contributed by atoms with van der Waals surface area (Å²) in [7, 11) is 0. The van der Waals surface area contributed by atoms with Crippen molar-refractivity contribution in [1.82, 2.24) is 0 Å². The first-order valence-corrected chi connectivity index (χ1v) is 7.31. The van der Waals surface area contributed by atoms with Gasteiger partial charge < -0.3 is 5.32 Å². The normalized spacial score (nSPS) is 13.6. The number of rotatable bonds is 5. The zero-order valence-electron chi connectivity index (χ0n) is 10.2. The number of hydrogen-bond donors (Lipinski definition) is 1. The predicted octanol–water partition coefficient (Wildman–Crippen LogP) is 3.60. The van der Waals surface area contributed by atoms with Crippen molar-refractivity contribution < 1.29 is 4.79 Å². The van der Waals surface area contributed by atoms with E-state index < -0.39 is 0 Å². The van der Waals surface area contributed by atoms with Crippen LogP contribution in [0.3, 0.4) is 0 Å². The van der Waals surface area contributed by atoms with Crippen LogP contribution >= 0.6 is 15.9 Å². The molecule has 17 heavy (non-hydrogen) atoms. The first-order valence-electron chi connectivity index (χ1n) is 6.19. The van der Waals surface area contributed by atoms with Crippen LogP contribution in [0.15, 0.2) is 12.1 Å². The third-order valence-electron chi connectivity index (χ3n) is 3.27. The van der Waals surface area contributed by atoms with E-state index in [0.717, 1.165) is 23.0 Å². The van der Waals surface area contributed by atoms with Gasteiger partial charge in [-0.25, -0.2) is 0 Å². The summed E-state index contributed by atoms with van der Waals surface area (Å²) in [5.74, 6) is 0.121. The molecule has 1 aliphatic rings. The van der Waals surface area contributed by atoms with Crippen LogP contribution in [0.4, 0.5) is 5.69 Å². The Morgan fingerprint density at radius 1 is 1.29 bits per heavy atom. The maximum atomic E-state index is 11.3. The van der Waals surface area contributed by atoms with Crippen molar-refractivity contribution in [1.29, 1.82) is 0 Å². The third-order valence-corrected chi connectivity index (χ3v) is 3.83. The molecule has 2 nitrogen and oxygen atoms in total. The molecule has 1 aliphatic heterocycles. The van der Waals surface area contributed by atoms with E-state index in [4.69, 9.17) is 0 Å². The van der Waals surface area contributed by atoms with E-state index in [1.165, 1.54) is 30.4 Å². The Bertz CT molecular complexity index is 428. The third kappa shape index (κ3) is 3.09. The molecule has 0 atom stereocenters. The fraction of sp³-hybridized carbons (Fsp3) is 0.500. The highest BCUT2D eigenvalue weighted by Gasteiger charge is 2.18. The molecule has 1 amide bonds. The van der Waals surface area contributed by atoms with Crippen LogP contribution in [-0.2, 0) is 17.6 Å². The highest BCUT2D eigenvalue weighted by Crippen LogP contribution is 2.27. The lowest BCUT2D eigenvalue weighted by Crippen LogP contribution is -2.03. The second-order valence-corrected chi connectivity index (χ2v) is 5.45. The molecule has 1 aromatic rings. The first-order chi connectivity index (χ1) is 8.20. The monoisotopic (exact) mass is 295 g/mol. The summed E-state index contributed by atoms with van der Waals surface area (Å²) in [6, 6.07) is 4.32. The molecule has 0 radical (unpaired) electrons. The lowest BCUT2D eigenvalue weighted by Gasteiger charge is -2.08. The minimum Gasteiger partial charge on any atom is -0.326 e. The minimum atomic E-state index is 0.121. The number of fused-ring (bicyclic) bond motifs is 1. The molecule has 0 aromatic heterocycles. The van der Waals surface area contributed by atoms with Crippen molar-refractivity contribution in [3.63, 3.8) is 0 Å². The van der Waals surface area contributed by atoms with Crippen LogP contribution in [-0.4, -0.2) is 11.2 Å². The maximum Gasteiger partial charge on any atom is 0.228 e. The van der Waals surface area contributed by atoms with Crippen molar-refractivity contribution in [3.05, 3.63) is 28.8 Å². The van der Waals surface area contributed by atoms with Gasteiger partial charge in [-0.2, -0.15) is 0 Å². The Hall–Kier alpha value is -0.830. The lowest BCUT2D eigenvalue weighted by molar-refractivity contribution is -0.115. The van der Waals surface area contributed by atoms with Gasteiger partial charge in [0.25, 0.3) is 0 Å². The quantitative estimate of drug-likeness (QED) is 0.653. The second kappa shape index (κ2) is 5.67. The van der Waals surface area contributed by atoms with E-state index in [0.29, 0.717) is 6.42 Å². The van der Waals surface area contributed by atoms with Gasteiger partial charge in [0.1, 0.15) is 0 Å². The number of carbonyl (C=O) groups excluding carboxylic acids is 1. The summed E-state index contributed by atoms with van der Waals surface area (Å²) in [6.45, 7) is 2.14. The zero-order valence-corrected chi connectivity index (χ0v) is 11.8. The Balaban J connectivity index is 2.03. The first kappa shape index (κ1) is 12.6. The molecule has 0 saturated heterocycles. The van der Waals surface area contributed by atoms with Crippen LogP contribution in [0.1, 0.15) is 36.0 Å². The Labute approximate surface area is 111 Å². The van der Waals surface area contributed by atoms with Gasteiger partial charge in [-0.3, -0.25) is 4.79 Å². The van der Waals surface area contributed by atoms with Crippen LogP contribution < -0.4 is 5.32 Å². The molecule has 0 unspecified atom stereocenters. The molecule has 0 bridgehead atoms. The average Bonchev–Trinajstić information content (AvgIpc) is 2.63. The van der Waals surface area contributed by atoms with Gasteiger partial charge in [0.05, 0.1) is 6.42 Å². The SMILES string of the molecule is Cc1cc2c(cc1CCCCCBr)NC(=O)C2. The van der Waals surface area contributed by atoms with E-state index in [-0.39, 0.29) is 5.91 Å². The van der Waals surface area contributed by atoms with Crippen molar-refractivity contribution >= 4 is 27.5 Å². The van der Waals surface area contributed by atoms with Gasteiger partial charge in [0, 0.05) is 11.0 Å². The number of halogens is 1. The van der Waals surface area contributed by atoms with E-state index in [2.05, 4.69) is 40.3 Å². The van der Waals surface area contributed by atoms with E-state index in [9.17, 15) is 4.79 Å². The van der Waals surface area contributed by atoms with E-state index in [1.54, 1.807) is 0 Å². The average molecular weight is 296 g/mol. The molecule has 1 heterocycles. The molecular formula is C14H18BrNO. The van der Waals surface area contributed by atoms with Crippen LogP contribution in [0.5, 0.6) is 0 Å². The standard InChI is InChI=1S/C14H18BrNO/c1-10-7-12-9-14(17)16-13(12)8-11(10)5-3-2-4-6-15/h7-8H,2-6,9H2,1H3,(H,16,17). The maximum absolute atomic E-state index is 11.3. The predicted molar refractivity (Wildman–Crippen MR) is 74.9 cm³/mol. The Morgan fingerprint density at radius 2 is 2.12 bits per heavy atom. The van der Waals surface area contributed by atoms with Gasteiger partial charge in [0.15, 0.2) is 0 Å². The van der Waals surface area contributed by atoms with Gasteiger partial charge >= 0.3 is 0 Å². The molecule has 3 heteroatoms. The van der Waals surface area contributed by atoms with Crippen LogP contribution in [0, 0.1) is 6.92 Å². The Morgan fingerprint density at radius 3 is 2.88 bits per heavy atom. The van der Waals surface area contributed by atoms with E-state index >= 15 is 0 Å². The minimum absolute atomic E-state index is 0.121. The molecular weight excluding hydrogens is 278 g/mol. The zero-order chi connectivity index (χ0) is 12.3. The number of hydrogen-bond acceptors (Lipinski definition) is 1. The topological polar surface area (TPSA) is 29.1 Å². The molecule has 2 rings (SSSR count). The summed E-state index contributed by atoms with van der Waals surface area (Å²) >= 11 is 3.45. The molecule has 0 aliphatic carbocycles. The van der Waals surface area contributed by atoms with Crippen molar-refractivity contribution in [3.8, 4) is 0 Å². The fourth-order valence-electron chi connectivity index (χ4n) is 2.30. The van der Waals surface area contributed by atoms with Crippen molar-refractivity contribution in [2.45, 2.75) is 39.0 Å². The number of benzene rings is 1. The van der Waals surface area contributed by atoms with Crippen LogP contribution in [0.25, 0.3) is 0 Å². The Kier molecular flexibility index (Phi) is 4.21. The number of anilines is 1. The molecule has 0 saturated carbocycles. The van der Waals surface area contributed by atoms with Crippen LogP contribution in [0.2, 0.25) is 0 Å². The largest absolute Gasteiger partial charge is 0.326 e. The van der Waals surface area contributed by atoms with Crippen molar-refractivity contribution in [2.75, 3.05) is 10.6 Å². The highest BCUT2D eigenvalue weighted by molar-refractivity contribution is 9.09. The number of carbonyl (C=O) groups is 1. The van der Waals surface area contributed by atoms with Gasteiger partial charge in [-0.05, 0) is 48.9 Å².